The quantitative estimate of drug-likeness (QED) is 0.111. The Morgan fingerprint density at radius 3 is 2.14 bits per heavy atom. The van der Waals surface area contributed by atoms with Crippen molar-refractivity contribution in [2.45, 2.75) is 148 Å². The largest absolute Gasteiger partial charge is 0.458 e. The highest BCUT2D eigenvalue weighted by atomic mass is 28.4. The molecule has 0 spiro atoms. The molecule has 6 heteroatoms. The van der Waals surface area contributed by atoms with Gasteiger partial charge in [0.15, 0.2) is 16.6 Å². The van der Waals surface area contributed by atoms with E-state index in [2.05, 4.69) is 93.4 Å². The second-order valence-electron chi connectivity index (χ2n) is 14.7. The first-order valence-corrected chi connectivity index (χ1v) is 20.5. The van der Waals surface area contributed by atoms with Gasteiger partial charge in [-0.25, -0.2) is 0 Å². The zero-order chi connectivity index (χ0) is 28.4. The summed E-state index contributed by atoms with van der Waals surface area (Å²) in [6.45, 7) is 31.3. The summed E-state index contributed by atoms with van der Waals surface area (Å²) >= 11 is 0. The van der Waals surface area contributed by atoms with Crippen LogP contribution in [0.3, 0.4) is 0 Å². The van der Waals surface area contributed by atoms with Crippen LogP contribution in [0.2, 0.25) is 36.3 Å². The molecule has 0 aromatic heterocycles. The minimum atomic E-state index is -1.96. The van der Waals surface area contributed by atoms with Gasteiger partial charge in [-0.1, -0.05) is 86.5 Å². The van der Waals surface area contributed by atoms with E-state index in [9.17, 15) is 4.79 Å². The number of esters is 1. The molecular formula is C31H58O4Si2. The van der Waals surface area contributed by atoms with Gasteiger partial charge in [0, 0.05) is 18.8 Å². The van der Waals surface area contributed by atoms with Gasteiger partial charge in [-0.3, -0.25) is 4.79 Å². The second-order valence-corrected chi connectivity index (χ2v) is 24.3. The number of fused-ring (bicyclic) bond motifs is 1. The predicted molar refractivity (Wildman–Crippen MR) is 162 cm³/mol. The van der Waals surface area contributed by atoms with E-state index in [-0.39, 0.29) is 46.2 Å². The Hall–Kier alpha value is -0.696. The van der Waals surface area contributed by atoms with E-state index in [0.717, 1.165) is 24.8 Å². The summed E-state index contributed by atoms with van der Waals surface area (Å²) in [5.74, 6) is 0.743. The van der Waals surface area contributed by atoms with Crippen LogP contribution in [0.25, 0.3) is 0 Å². The van der Waals surface area contributed by atoms with Gasteiger partial charge in [0.05, 0.1) is 12.2 Å². The van der Waals surface area contributed by atoms with Crippen LogP contribution in [-0.4, -0.2) is 40.9 Å². The monoisotopic (exact) mass is 550 g/mol. The fraction of sp³-hybridized carbons (Fsp3) is 0.839. The van der Waals surface area contributed by atoms with Crippen molar-refractivity contribution < 1.29 is 18.4 Å². The number of unbranched alkanes of at least 4 members (excludes halogenated alkanes) is 2. The lowest BCUT2D eigenvalue weighted by molar-refractivity contribution is -0.146. The fourth-order valence-corrected chi connectivity index (χ4v) is 8.08. The van der Waals surface area contributed by atoms with Crippen LogP contribution >= 0.6 is 0 Å². The van der Waals surface area contributed by atoms with Crippen molar-refractivity contribution in [2.75, 3.05) is 0 Å². The molecule has 37 heavy (non-hydrogen) atoms. The number of ether oxygens (including phenoxy) is 1. The van der Waals surface area contributed by atoms with E-state index < -0.39 is 16.6 Å². The Morgan fingerprint density at radius 2 is 1.62 bits per heavy atom. The molecule has 214 valence electrons. The Labute approximate surface area is 231 Å². The van der Waals surface area contributed by atoms with Gasteiger partial charge in [-0.15, -0.1) is 0 Å². The third kappa shape index (κ3) is 8.15. The average molecular weight is 551 g/mol. The molecule has 0 aliphatic heterocycles. The van der Waals surface area contributed by atoms with E-state index in [0.29, 0.717) is 5.92 Å². The maximum atomic E-state index is 11.9. The molecule has 0 N–H and O–H groups in total. The molecule has 0 bridgehead atoms. The lowest BCUT2D eigenvalue weighted by Gasteiger charge is -2.40. The van der Waals surface area contributed by atoms with Crippen molar-refractivity contribution >= 4 is 22.6 Å². The van der Waals surface area contributed by atoms with Crippen LogP contribution in [0.5, 0.6) is 0 Å². The lowest BCUT2D eigenvalue weighted by Crippen LogP contribution is -2.45. The van der Waals surface area contributed by atoms with Gasteiger partial charge < -0.3 is 13.6 Å². The average Bonchev–Trinajstić information content (AvgIpc) is 3.18. The van der Waals surface area contributed by atoms with Crippen molar-refractivity contribution in [1.29, 1.82) is 0 Å². The molecule has 2 saturated carbocycles. The summed E-state index contributed by atoms with van der Waals surface area (Å²) in [4.78, 5) is 11.9. The number of carbonyl (C=O) groups is 1. The molecule has 0 heterocycles. The van der Waals surface area contributed by atoms with Gasteiger partial charge in [0.1, 0.15) is 6.10 Å². The molecule has 0 amide bonds. The topological polar surface area (TPSA) is 44.8 Å². The maximum Gasteiger partial charge on any atom is 0.303 e. The summed E-state index contributed by atoms with van der Waals surface area (Å²) < 4.78 is 19.8. The molecule has 0 aromatic carbocycles. The standard InChI is InChI=1S/C31H58O4Si2/c1-14-15-16-17-24(34-36(10,11)30(4,5)6)18-19-25-26-20-22(2)29(33-23(3)32)27(26)21-28(25)35-37(12,13)31(7,8)9/h18-19,24-29H,2,14-17,20-21H2,1,3-13H3/t24-,25-,26+,27-,28+,29?/m0/s1. The van der Waals surface area contributed by atoms with Gasteiger partial charge in [-0.05, 0) is 67.0 Å². The predicted octanol–water partition coefficient (Wildman–Crippen LogP) is 9.05. The van der Waals surface area contributed by atoms with Crippen LogP contribution in [0.1, 0.15) is 93.9 Å². The molecule has 0 radical (unpaired) electrons. The highest BCUT2D eigenvalue weighted by Crippen LogP contribution is 2.54. The molecule has 2 aliphatic carbocycles. The molecule has 2 rings (SSSR count). The fourth-order valence-electron chi connectivity index (χ4n) is 5.41. The van der Waals surface area contributed by atoms with Crippen LogP contribution in [-0.2, 0) is 18.4 Å². The van der Waals surface area contributed by atoms with E-state index in [1.54, 1.807) is 0 Å². The van der Waals surface area contributed by atoms with Crippen molar-refractivity contribution in [3.63, 3.8) is 0 Å². The smallest absolute Gasteiger partial charge is 0.303 e. The molecule has 0 aromatic rings. The minimum absolute atomic E-state index is 0.133. The van der Waals surface area contributed by atoms with E-state index in [1.165, 1.54) is 26.2 Å². The summed E-state index contributed by atoms with van der Waals surface area (Å²) in [7, 11) is -3.86. The SMILES string of the molecule is C=C1C[C@@H]2[C@H](C=C[C@H](CCCCC)O[Si](C)(C)C(C)(C)C)[C@H](O[Si](C)(C)C(C)(C)C)C[C@@H]2C1OC(C)=O. The van der Waals surface area contributed by atoms with Crippen LogP contribution in [0.4, 0.5) is 0 Å². The molecule has 1 unspecified atom stereocenters. The third-order valence-corrected chi connectivity index (χ3v) is 18.7. The normalized spacial score (nSPS) is 28.1. The van der Waals surface area contributed by atoms with Gasteiger partial charge in [-0.2, -0.15) is 0 Å². The Kier molecular flexibility index (Phi) is 10.7. The first-order valence-electron chi connectivity index (χ1n) is 14.7. The molecule has 6 atom stereocenters. The number of carbonyl (C=O) groups excluding carboxylic acids is 1. The number of hydrogen-bond acceptors (Lipinski definition) is 4. The molecule has 2 fully saturated rings. The van der Waals surface area contributed by atoms with Gasteiger partial charge in [0.2, 0.25) is 0 Å². The summed E-state index contributed by atoms with van der Waals surface area (Å²) in [6.07, 6.45) is 11.4. The first kappa shape index (κ1) is 32.5. The highest BCUT2D eigenvalue weighted by Gasteiger charge is 2.54. The summed E-state index contributed by atoms with van der Waals surface area (Å²) in [5.41, 5.74) is 1.06. The molecule has 2 aliphatic rings. The number of hydrogen-bond donors (Lipinski definition) is 0. The Balaban J connectivity index is 2.37. The van der Waals surface area contributed by atoms with E-state index >= 15 is 0 Å². The van der Waals surface area contributed by atoms with Crippen molar-refractivity contribution in [1.82, 2.24) is 0 Å². The third-order valence-electron chi connectivity index (χ3n) is 9.70. The molecule has 0 saturated heterocycles. The van der Waals surface area contributed by atoms with E-state index in [4.69, 9.17) is 13.6 Å². The minimum Gasteiger partial charge on any atom is -0.458 e. The molecule has 4 nitrogen and oxygen atoms in total. The second kappa shape index (κ2) is 12.2. The van der Waals surface area contributed by atoms with Crippen molar-refractivity contribution in [2.24, 2.45) is 17.8 Å². The van der Waals surface area contributed by atoms with Crippen LogP contribution in [0.15, 0.2) is 24.3 Å². The van der Waals surface area contributed by atoms with Crippen LogP contribution < -0.4 is 0 Å². The Morgan fingerprint density at radius 1 is 1.03 bits per heavy atom. The zero-order valence-electron chi connectivity index (χ0n) is 26.2. The zero-order valence-corrected chi connectivity index (χ0v) is 28.2. The maximum absolute atomic E-state index is 11.9. The molecular weight excluding hydrogens is 493 g/mol. The summed E-state index contributed by atoms with van der Waals surface area (Å²) in [5, 5.41) is 0.322. The first-order chi connectivity index (χ1) is 16.8. The van der Waals surface area contributed by atoms with Crippen molar-refractivity contribution in [3.05, 3.63) is 24.3 Å². The Bertz CT molecular complexity index is 818. The highest BCUT2D eigenvalue weighted by molar-refractivity contribution is 6.74. The van der Waals surface area contributed by atoms with Crippen molar-refractivity contribution in [3.8, 4) is 0 Å². The van der Waals surface area contributed by atoms with Gasteiger partial charge in [0.25, 0.3) is 0 Å². The lowest BCUT2D eigenvalue weighted by atomic mass is 9.90. The summed E-state index contributed by atoms with van der Waals surface area (Å²) in [6, 6.07) is 0. The number of rotatable bonds is 11. The van der Waals surface area contributed by atoms with Gasteiger partial charge >= 0.3 is 5.97 Å². The van der Waals surface area contributed by atoms with E-state index in [1.807, 2.05) is 0 Å². The van der Waals surface area contributed by atoms with Crippen LogP contribution in [0, 0.1) is 17.8 Å².